The lowest BCUT2D eigenvalue weighted by Crippen LogP contribution is -2.18. The lowest BCUT2D eigenvalue weighted by molar-refractivity contribution is -0.384. The SMILES string of the molecule is O=[N+]([O-])c1cnccc1NC1CCSC1. The van der Waals surface area contributed by atoms with Gasteiger partial charge in [-0.3, -0.25) is 15.1 Å². The van der Waals surface area contributed by atoms with Gasteiger partial charge in [-0.2, -0.15) is 11.8 Å². The summed E-state index contributed by atoms with van der Waals surface area (Å²) in [5, 5.41) is 13.9. The molecule has 1 aromatic rings. The van der Waals surface area contributed by atoms with Crippen molar-refractivity contribution in [3.05, 3.63) is 28.6 Å². The van der Waals surface area contributed by atoms with Crippen molar-refractivity contribution in [1.82, 2.24) is 4.98 Å². The third-order valence-electron chi connectivity index (χ3n) is 2.29. The molecule has 0 saturated carbocycles. The van der Waals surface area contributed by atoms with E-state index < -0.39 is 4.92 Å². The van der Waals surface area contributed by atoms with Gasteiger partial charge in [-0.1, -0.05) is 0 Å². The van der Waals surface area contributed by atoms with Gasteiger partial charge in [0.2, 0.25) is 0 Å². The monoisotopic (exact) mass is 225 g/mol. The zero-order valence-electron chi connectivity index (χ0n) is 8.05. The molecule has 6 heteroatoms. The molecular formula is C9H11N3O2S. The fourth-order valence-electron chi connectivity index (χ4n) is 1.52. The molecule has 0 radical (unpaired) electrons. The van der Waals surface area contributed by atoms with E-state index in [4.69, 9.17) is 0 Å². The Morgan fingerprint density at radius 3 is 3.20 bits per heavy atom. The zero-order chi connectivity index (χ0) is 10.7. The van der Waals surface area contributed by atoms with Crippen molar-refractivity contribution in [3.63, 3.8) is 0 Å². The van der Waals surface area contributed by atoms with Crippen molar-refractivity contribution in [2.75, 3.05) is 16.8 Å². The maximum atomic E-state index is 10.7. The largest absolute Gasteiger partial charge is 0.376 e. The maximum absolute atomic E-state index is 10.7. The number of anilines is 1. The molecule has 15 heavy (non-hydrogen) atoms. The van der Waals surface area contributed by atoms with Crippen LogP contribution in [0.1, 0.15) is 6.42 Å². The molecule has 0 spiro atoms. The highest BCUT2D eigenvalue weighted by atomic mass is 32.2. The lowest BCUT2D eigenvalue weighted by atomic mass is 10.2. The topological polar surface area (TPSA) is 68.1 Å². The fourth-order valence-corrected chi connectivity index (χ4v) is 2.67. The van der Waals surface area contributed by atoms with Gasteiger partial charge in [-0.25, -0.2) is 0 Å². The molecule has 1 saturated heterocycles. The van der Waals surface area contributed by atoms with E-state index in [1.807, 2.05) is 11.8 Å². The number of rotatable bonds is 3. The van der Waals surface area contributed by atoms with Crippen LogP contribution in [-0.2, 0) is 0 Å². The van der Waals surface area contributed by atoms with E-state index in [2.05, 4.69) is 10.3 Å². The molecular weight excluding hydrogens is 214 g/mol. The van der Waals surface area contributed by atoms with Crippen LogP contribution in [0.25, 0.3) is 0 Å². The molecule has 1 N–H and O–H groups in total. The van der Waals surface area contributed by atoms with E-state index in [0.29, 0.717) is 11.7 Å². The van der Waals surface area contributed by atoms with E-state index >= 15 is 0 Å². The van der Waals surface area contributed by atoms with Crippen LogP contribution in [0, 0.1) is 10.1 Å². The summed E-state index contributed by atoms with van der Waals surface area (Å²) >= 11 is 1.87. The van der Waals surface area contributed by atoms with Crippen LogP contribution in [0.3, 0.4) is 0 Å². The third kappa shape index (κ3) is 2.38. The number of hydrogen-bond acceptors (Lipinski definition) is 5. The first-order chi connectivity index (χ1) is 7.27. The smallest absolute Gasteiger partial charge is 0.310 e. The van der Waals surface area contributed by atoms with Gasteiger partial charge in [0, 0.05) is 18.0 Å². The molecule has 5 nitrogen and oxygen atoms in total. The minimum atomic E-state index is -0.405. The van der Waals surface area contributed by atoms with Gasteiger partial charge in [-0.15, -0.1) is 0 Å². The van der Waals surface area contributed by atoms with Crippen molar-refractivity contribution in [3.8, 4) is 0 Å². The standard InChI is InChI=1S/C9H11N3O2S/c13-12(14)9-5-10-3-1-8(9)11-7-2-4-15-6-7/h1,3,5,7H,2,4,6H2,(H,10,11). The van der Waals surface area contributed by atoms with E-state index in [1.165, 1.54) is 6.20 Å². The second-order valence-electron chi connectivity index (χ2n) is 3.35. The Morgan fingerprint density at radius 2 is 2.53 bits per heavy atom. The Bertz CT molecular complexity index is 366. The normalized spacial score (nSPS) is 20.1. The Balaban J connectivity index is 2.15. The number of nitro groups is 1. The molecule has 2 rings (SSSR count). The van der Waals surface area contributed by atoms with Gasteiger partial charge in [0.1, 0.15) is 11.9 Å². The summed E-state index contributed by atoms with van der Waals surface area (Å²) in [6.45, 7) is 0. The number of aromatic nitrogens is 1. The van der Waals surface area contributed by atoms with Gasteiger partial charge in [0.15, 0.2) is 0 Å². The van der Waals surface area contributed by atoms with Crippen molar-refractivity contribution in [1.29, 1.82) is 0 Å². The van der Waals surface area contributed by atoms with Gasteiger partial charge in [-0.05, 0) is 18.2 Å². The highest BCUT2D eigenvalue weighted by molar-refractivity contribution is 7.99. The van der Waals surface area contributed by atoms with Crippen molar-refractivity contribution in [2.24, 2.45) is 0 Å². The molecule has 0 bridgehead atoms. The Hall–Kier alpha value is -1.30. The number of nitrogens with one attached hydrogen (secondary N) is 1. The molecule has 0 aliphatic carbocycles. The van der Waals surface area contributed by atoms with Crippen LogP contribution in [0.4, 0.5) is 11.4 Å². The average Bonchev–Trinajstić information content (AvgIpc) is 2.71. The minimum absolute atomic E-state index is 0.0504. The zero-order valence-corrected chi connectivity index (χ0v) is 8.87. The Kier molecular flexibility index (Phi) is 3.05. The van der Waals surface area contributed by atoms with Crippen molar-refractivity contribution in [2.45, 2.75) is 12.5 Å². The maximum Gasteiger partial charge on any atom is 0.310 e. The van der Waals surface area contributed by atoms with E-state index in [0.717, 1.165) is 17.9 Å². The van der Waals surface area contributed by atoms with Gasteiger partial charge in [0.05, 0.1) is 4.92 Å². The first-order valence-corrected chi connectivity index (χ1v) is 5.85. The summed E-state index contributed by atoms with van der Waals surface area (Å²) in [5.41, 5.74) is 0.622. The van der Waals surface area contributed by atoms with Gasteiger partial charge < -0.3 is 5.32 Å². The van der Waals surface area contributed by atoms with Crippen LogP contribution >= 0.6 is 11.8 Å². The van der Waals surface area contributed by atoms with Gasteiger partial charge in [0.25, 0.3) is 0 Å². The number of thioether (sulfide) groups is 1. The summed E-state index contributed by atoms with van der Waals surface area (Å²) in [7, 11) is 0. The second kappa shape index (κ2) is 4.48. The minimum Gasteiger partial charge on any atom is -0.376 e. The number of hydrogen-bond donors (Lipinski definition) is 1. The van der Waals surface area contributed by atoms with Gasteiger partial charge >= 0.3 is 5.69 Å². The van der Waals surface area contributed by atoms with Crippen molar-refractivity contribution < 1.29 is 4.92 Å². The molecule has 80 valence electrons. The van der Waals surface area contributed by atoms with Crippen LogP contribution in [0.15, 0.2) is 18.5 Å². The summed E-state index contributed by atoms with van der Waals surface area (Å²) in [6, 6.07) is 2.00. The Labute approximate surface area is 91.4 Å². The first-order valence-electron chi connectivity index (χ1n) is 4.70. The average molecular weight is 225 g/mol. The molecule has 1 unspecified atom stereocenters. The number of nitrogens with zero attached hydrogens (tertiary/aromatic N) is 2. The highest BCUT2D eigenvalue weighted by Gasteiger charge is 2.19. The quantitative estimate of drug-likeness (QED) is 0.628. The van der Waals surface area contributed by atoms with E-state index in [9.17, 15) is 10.1 Å². The molecule has 1 atom stereocenters. The predicted octanol–water partition coefficient (Wildman–Crippen LogP) is 1.91. The molecule has 0 amide bonds. The number of pyridine rings is 1. The Morgan fingerprint density at radius 1 is 1.67 bits per heavy atom. The van der Waals surface area contributed by atoms with Crippen LogP contribution in [0.2, 0.25) is 0 Å². The van der Waals surface area contributed by atoms with E-state index in [-0.39, 0.29) is 5.69 Å². The molecule has 0 aromatic carbocycles. The summed E-state index contributed by atoms with van der Waals surface area (Å²) in [4.78, 5) is 14.1. The van der Waals surface area contributed by atoms with Crippen LogP contribution in [0.5, 0.6) is 0 Å². The van der Waals surface area contributed by atoms with E-state index in [1.54, 1.807) is 12.3 Å². The third-order valence-corrected chi connectivity index (χ3v) is 3.45. The molecule has 1 aliphatic heterocycles. The molecule has 1 aromatic heterocycles. The summed E-state index contributed by atoms with van der Waals surface area (Å²) in [6.07, 6.45) is 3.91. The van der Waals surface area contributed by atoms with Crippen molar-refractivity contribution >= 4 is 23.1 Å². The molecule has 1 fully saturated rings. The summed E-state index contributed by atoms with van der Waals surface area (Å²) < 4.78 is 0. The van der Waals surface area contributed by atoms with Crippen LogP contribution in [-0.4, -0.2) is 27.5 Å². The van der Waals surface area contributed by atoms with Crippen LogP contribution < -0.4 is 5.32 Å². The first kappa shape index (κ1) is 10.2. The highest BCUT2D eigenvalue weighted by Crippen LogP contribution is 2.26. The second-order valence-corrected chi connectivity index (χ2v) is 4.50. The molecule has 2 heterocycles. The lowest BCUT2D eigenvalue weighted by Gasteiger charge is -2.12. The molecule has 1 aliphatic rings. The summed E-state index contributed by atoms with van der Waals surface area (Å²) in [5.74, 6) is 2.13. The predicted molar refractivity (Wildman–Crippen MR) is 60.2 cm³/mol. The fraction of sp³-hybridized carbons (Fsp3) is 0.444.